The highest BCUT2D eigenvalue weighted by Crippen LogP contribution is 2.24. The summed E-state index contributed by atoms with van der Waals surface area (Å²) >= 11 is 0. The molecule has 0 heterocycles. The summed E-state index contributed by atoms with van der Waals surface area (Å²) in [4.78, 5) is 11.5. The molecule has 2 atom stereocenters. The van der Waals surface area contributed by atoms with Gasteiger partial charge < -0.3 is 15.6 Å². The number of ether oxygens (including phenoxy) is 1. The maximum Gasteiger partial charge on any atom is 0.325 e. The van der Waals surface area contributed by atoms with Gasteiger partial charge in [0.05, 0.1) is 6.61 Å². The van der Waals surface area contributed by atoms with Gasteiger partial charge >= 0.3 is 5.97 Å². The lowest BCUT2D eigenvalue weighted by Gasteiger charge is -2.20. The molecule has 100 valence electrons. The van der Waals surface area contributed by atoms with Gasteiger partial charge in [-0.2, -0.15) is 0 Å². The standard InChI is InChI=1S/C14H21NO3/c1-5-18-14(17)12(15)13(16)11-7-9(3)8(2)6-10(11)4/h6-7,12-13,16H,5,15H2,1-4H3. The third kappa shape index (κ3) is 3.09. The van der Waals surface area contributed by atoms with E-state index < -0.39 is 18.1 Å². The van der Waals surface area contributed by atoms with Gasteiger partial charge in [-0.3, -0.25) is 4.79 Å². The molecule has 0 fully saturated rings. The van der Waals surface area contributed by atoms with Gasteiger partial charge in [0.25, 0.3) is 0 Å². The van der Waals surface area contributed by atoms with Crippen molar-refractivity contribution in [2.24, 2.45) is 5.73 Å². The third-order valence-electron chi connectivity index (χ3n) is 3.10. The van der Waals surface area contributed by atoms with Crippen LogP contribution < -0.4 is 5.73 Å². The van der Waals surface area contributed by atoms with Gasteiger partial charge in [-0.25, -0.2) is 0 Å². The van der Waals surface area contributed by atoms with E-state index in [2.05, 4.69) is 0 Å². The van der Waals surface area contributed by atoms with Crippen LogP contribution in [0.1, 0.15) is 35.3 Å². The van der Waals surface area contributed by atoms with Crippen LogP contribution in [-0.4, -0.2) is 23.7 Å². The molecule has 1 aromatic carbocycles. The van der Waals surface area contributed by atoms with Crippen LogP contribution >= 0.6 is 0 Å². The van der Waals surface area contributed by atoms with Gasteiger partial charge in [-0.05, 0) is 49.9 Å². The maximum absolute atomic E-state index is 11.5. The normalized spacial score (nSPS) is 14.1. The van der Waals surface area contributed by atoms with Crippen molar-refractivity contribution < 1.29 is 14.6 Å². The Hall–Kier alpha value is -1.39. The Morgan fingerprint density at radius 2 is 1.83 bits per heavy atom. The van der Waals surface area contributed by atoms with Crippen molar-refractivity contribution in [2.75, 3.05) is 6.61 Å². The average molecular weight is 251 g/mol. The second-order valence-electron chi connectivity index (χ2n) is 4.52. The molecule has 4 nitrogen and oxygen atoms in total. The molecule has 1 aromatic rings. The first-order chi connectivity index (χ1) is 8.38. The first-order valence-electron chi connectivity index (χ1n) is 6.06. The van der Waals surface area contributed by atoms with Crippen molar-refractivity contribution in [1.29, 1.82) is 0 Å². The highest BCUT2D eigenvalue weighted by atomic mass is 16.5. The zero-order valence-corrected chi connectivity index (χ0v) is 11.4. The quantitative estimate of drug-likeness (QED) is 0.796. The molecule has 2 unspecified atom stereocenters. The molecule has 0 aromatic heterocycles. The number of nitrogens with two attached hydrogens (primary N) is 1. The fraction of sp³-hybridized carbons (Fsp3) is 0.500. The number of hydrogen-bond acceptors (Lipinski definition) is 4. The Kier molecular flexibility index (Phi) is 4.87. The predicted octanol–water partition coefficient (Wildman–Crippen LogP) is 1.54. The van der Waals surface area contributed by atoms with E-state index >= 15 is 0 Å². The van der Waals surface area contributed by atoms with E-state index in [9.17, 15) is 9.90 Å². The Morgan fingerprint density at radius 3 is 2.39 bits per heavy atom. The highest BCUT2D eigenvalue weighted by molar-refractivity contribution is 5.76. The number of rotatable bonds is 4. The van der Waals surface area contributed by atoms with Gasteiger partial charge in [0, 0.05) is 0 Å². The van der Waals surface area contributed by atoms with E-state index in [0.29, 0.717) is 5.56 Å². The van der Waals surface area contributed by atoms with E-state index in [1.807, 2.05) is 32.9 Å². The molecule has 0 bridgehead atoms. The Morgan fingerprint density at radius 1 is 1.28 bits per heavy atom. The summed E-state index contributed by atoms with van der Waals surface area (Å²) in [6.07, 6.45) is -1.04. The first-order valence-corrected chi connectivity index (χ1v) is 6.06. The smallest absolute Gasteiger partial charge is 0.325 e. The number of esters is 1. The molecular weight excluding hydrogens is 230 g/mol. The largest absolute Gasteiger partial charge is 0.465 e. The molecule has 0 saturated carbocycles. The van der Waals surface area contributed by atoms with Gasteiger partial charge in [0.1, 0.15) is 12.1 Å². The van der Waals surface area contributed by atoms with Crippen LogP contribution in [0.3, 0.4) is 0 Å². The van der Waals surface area contributed by atoms with Crippen LogP contribution in [-0.2, 0) is 9.53 Å². The predicted molar refractivity (Wildman–Crippen MR) is 70.2 cm³/mol. The minimum absolute atomic E-state index is 0.255. The van der Waals surface area contributed by atoms with E-state index in [1.165, 1.54) is 0 Å². The number of hydrogen-bond donors (Lipinski definition) is 2. The zero-order valence-electron chi connectivity index (χ0n) is 11.4. The summed E-state index contributed by atoms with van der Waals surface area (Å²) in [5.74, 6) is -0.581. The second-order valence-corrected chi connectivity index (χ2v) is 4.52. The Balaban J connectivity index is 3.00. The van der Waals surface area contributed by atoms with Gasteiger partial charge in [-0.15, -0.1) is 0 Å². The zero-order chi connectivity index (χ0) is 13.9. The van der Waals surface area contributed by atoms with Crippen LogP contribution in [0.15, 0.2) is 12.1 Å². The fourth-order valence-electron chi connectivity index (χ4n) is 1.86. The SMILES string of the molecule is CCOC(=O)C(N)C(O)c1cc(C)c(C)cc1C. The summed E-state index contributed by atoms with van der Waals surface area (Å²) in [5, 5.41) is 10.2. The molecule has 18 heavy (non-hydrogen) atoms. The monoisotopic (exact) mass is 251 g/mol. The number of aliphatic hydroxyl groups is 1. The first kappa shape index (κ1) is 14.7. The van der Waals surface area contributed by atoms with Gasteiger partial charge in [-0.1, -0.05) is 12.1 Å². The number of aliphatic hydroxyl groups excluding tert-OH is 1. The molecule has 3 N–H and O–H groups in total. The lowest BCUT2D eigenvalue weighted by molar-refractivity contribution is -0.147. The molecule has 0 aliphatic heterocycles. The highest BCUT2D eigenvalue weighted by Gasteiger charge is 2.26. The number of benzene rings is 1. The summed E-state index contributed by atoms with van der Waals surface area (Å²) in [7, 11) is 0. The van der Waals surface area contributed by atoms with Crippen molar-refractivity contribution in [3.63, 3.8) is 0 Å². The molecule has 0 radical (unpaired) electrons. The summed E-state index contributed by atoms with van der Waals surface area (Å²) in [6, 6.07) is 2.80. The number of carbonyl (C=O) groups is 1. The molecule has 0 amide bonds. The van der Waals surface area contributed by atoms with Crippen molar-refractivity contribution >= 4 is 5.97 Å². The molecule has 1 rings (SSSR count). The lowest BCUT2D eigenvalue weighted by atomic mass is 9.94. The lowest BCUT2D eigenvalue weighted by Crippen LogP contribution is -2.38. The Labute approximate surface area is 108 Å². The molecule has 0 aliphatic rings. The van der Waals surface area contributed by atoms with Crippen molar-refractivity contribution in [1.82, 2.24) is 0 Å². The summed E-state index contributed by atoms with van der Waals surface area (Å²) in [6.45, 7) is 7.82. The van der Waals surface area contributed by atoms with Gasteiger partial charge in [0.2, 0.25) is 0 Å². The maximum atomic E-state index is 11.5. The minimum atomic E-state index is -1.05. The summed E-state index contributed by atoms with van der Waals surface area (Å²) in [5.41, 5.74) is 9.52. The number of carbonyl (C=O) groups excluding carboxylic acids is 1. The topological polar surface area (TPSA) is 72.5 Å². The van der Waals surface area contributed by atoms with Crippen LogP contribution in [0, 0.1) is 20.8 Å². The van der Waals surface area contributed by atoms with Crippen LogP contribution in [0.4, 0.5) is 0 Å². The van der Waals surface area contributed by atoms with Gasteiger partial charge in [0.15, 0.2) is 0 Å². The van der Waals surface area contributed by atoms with Crippen LogP contribution in [0.5, 0.6) is 0 Å². The van der Waals surface area contributed by atoms with Crippen LogP contribution in [0.25, 0.3) is 0 Å². The minimum Gasteiger partial charge on any atom is -0.465 e. The summed E-state index contributed by atoms with van der Waals surface area (Å²) < 4.78 is 4.82. The van der Waals surface area contributed by atoms with Crippen LogP contribution in [0.2, 0.25) is 0 Å². The van der Waals surface area contributed by atoms with E-state index in [-0.39, 0.29) is 6.61 Å². The van der Waals surface area contributed by atoms with E-state index in [0.717, 1.165) is 16.7 Å². The fourth-order valence-corrected chi connectivity index (χ4v) is 1.86. The average Bonchev–Trinajstić information content (AvgIpc) is 2.32. The molecular formula is C14H21NO3. The third-order valence-corrected chi connectivity index (χ3v) is 3.10. The second kappa shape index (κ2) is 5.98. The van der Waals surface area contributed by atoms with E-state index in [1.54, 1.807) is 6.92 Å². The molecule has 4 heteroatoms. The number of aryl methyl sites for hydroxylation is 3. The van der Waals surface area contributed by atoms with Crippen molar-refractivity contribution in [3.05, 3.63) is 34.4 Å². The van der Waals surface area contributed by atoms with E-state index in [4.69, 9.17) is 10.5 Å². The van der Waals surface area contributed by atoms with Crippen molar-refractivity contribution in [2.45, 2.75) is 39.8 Å². The molecule has 0 aliphatic carbocycles. The molecule has 0 saturated heterocycles. The van der Waals surface area contributed by atoms with Crippen molar-refractivity contribution in [3.8, 4) is 0 Å². The Bertz CT molecular complexity index is 443. The molecule has 0 spiro atoms.